The molecule has 0 fully saturated rings. The van der Waals surface area contributed by atoms with Gasteiger partial charge in [-0.25, -0.2) is 0 Å². The summed E-state index contributed by atoms with van der Waals surface area (Å²) in [4.78, 5) is 0. The van der Waals surface area contributed by atoms with E-state index in [2.05, 4.69) is 55.6 Å². The van der Waals surface area contributed by atoms with Gasteiger partial charge in [-0.15, -0.1) is 0 Å². The second-order valence-electron chi connectivity index (χ2n) is 5.10. The van der Waals surface area contributed by atoms with Crippen LogP contribution >= 0.6 is 0 Å². The zero-order valence-electron chi connectivity index (χ0n) is 11.7. The molecule has 0 aliphatic carbocycles. The van der Waals surface area contributed by atoms with Gasteiger partial charge in [-0.2, -0.15) is 0 Å². The van der Waals surface area contributed by atoms with Crippen LogP contribution < -0.4 is 11.1 Å². The zero-order chi connectivity index (χ0) is 13.7. The highest BCUT2D eigenvalue weighted by atomic mass is 14.9. The van der Waals surface area contributed by atoms with Gasteiger partial charge < -0.3 is 11.1 Å². The van der Waals surface area contributed by atoms with E-state index in [9.17, 15) is 0 Å². The summed E-state index contributed by atoms with van der Waals surface area (Å²) in [5.41, 5.74) is 10.4. The molecule has 0 heterocycles. The SMILES string of the molecule is Cc1cc(N)ccc1NCCC(C)c1ccccc1. The maximum absolute atomic E-state index is 5.75. The Balaban J connectivity index is 1.86. The predicted octanol–water partition coefficient (Wildman–Crippen LogP) is 4.18. The molecule has 2 heteroatoms. The Bertz CT molecular complexity index is 520. The Morgan fingerprint density at radius 2 is 1.84 bits per heavy atom. The van der Waals surface area contributed by atoms with Crippen LogP contribution in [0, 0.1) is 6.92 Å². The summed E-state index contributed by atoms with van der Waals surface area (Å²) < 4.78 is 0. The van der Waals surface area contributed by atoms with Gasteiger partial charge in [0.2, 0.25) is 0 Å². The van der Waals surface area contributed by atoms with Crippen molar-refractivity contribution in [1.29, 1.82) is 0 Å². The Morgan fingerprint density at radius 1 is 1.11 bits per heavy atom. The molecule has 0 saturated carbocycles. The number of nitrogen functional groups attached to an aromatic ring is 1. The minimum atomic E-state index is 0.572. The van der Waals surface area contributed by atoms with E-state index >= 15 is 0 Å². The number of anilines is 2. The van der Waals surface area contributed by atoms with Crippen molar-refractivity contribution in [3.05, 3.63) is 59.7 Å². The molecule has 0 saturated heterocycles. The summed E-state index contributed by atoms with van der Waals surface area (Å²) in [5.74, 6) is 0.572. The number of nitrogens with two attached hydrogens (primary N) is 1. The summed E-state index contributed by atoms with van der Waals surface area (Å²) >= 11 is 0. The highest BCUT2D eigenvalue weighted by Crippen LogP contribution is 2.21. The van der Waals surface area contributed by atoms with Crippen LogP contribution in [0.15, 0.2) is 48.5 Å². The van der Waals surface area contributed by atoms with E-state index in [0.717, 1.165) is 18.7 Å². The van der Waals surface area contributed by atoms with Crippen LogP contribution in [-0.4, -0.2) is 6.54 Å². The topological polar surface area (TPSA) is 38.0 Å². The van der Waals surface area contributed by atoms with Crippen LogP contribution in [0.2, 0.25) is 0 Å². The van der Waals surface area contributed by atoms with Gasteiger partial charge in [-0.3, -0.25) is 0 Å². The third-order valence-electron chi connectivity index (χ3n) is 3.51. The fourth-order valence-corrected chi connectivity index (χ4v) is 2.26. The fourth-order valence-electron chi connectivity index (χ4n) is 2.26. The molecule has 19 heavy (non-hydrogen) atoms. The van der Waals surface area contributed by atoms with Crippen molar-refractivity contribution in [2.45, 2.75) is 26.2 Å². The largest absolute Gasteiger partial charge is 0.399 e. The minimum Gasteiger partial charge on any atom is -0.399 e. The van der Waals surface area contributed by atoms with Crippen LogP contribution in [0.4, 0.5) is 11.4 Å². The third-order valence-corrected chi connectivity index (χ3v) is 3.51. The molecule has 2 rings (SSSR count). The lowest BCUT2D eigenvalue weighted by Crippen LogP contribution is -2.07. The van der Waals surface area contributed by atoms with Gasteiger partial charge in [-0.05, 0) is 48.6 Å². The number of hydrogen-bond donors (Lipinski definition) is 2. The molecular weight excluding hydrogens is 232 g/mol. The van der Waals surface area contributed by atoms with Crippen molar-refractivity contribution in [1.82, 2.24) is 0 Å². The van der Waals surface area contributed by atoms with Gasteiger partial charge in [0.05, 0.1) is 0 Å². The van der Waals surface area contributed by atoms with Gasteiger partial charge in [-0.1, -0.05) is 37.3 Å². The van der Waals surface area contributed by atoms with E-state index in [1.807, 2.05) is 12.1 Å². The molecule has 0 spiro atoms. The van der Waals surface area contributed by atoms with E-state index in [4.69, 9.17) is 5.73 Å². The molecule has 0 aromatic heterocycles. The average Bonchev–Trinajstić information content (AvgIpc) is 2.42. The van der Waals surface area contributed by atoms with Crippen molar-refractivity contribution in [2.75, 3.05) is 17.6 Å². The van der Waals surface area contributed by atoms with Gasteiger partial charge >= 0.3 is 0 Å². The fraction of sp³-hybridized carbons (Fsp3) is 0.294. The van der Waals surface area contributed by atoms with Gasteiger partial charge in [0.25, 0.3) is 0 Å². The predicted molar refractivity (Wildman–Crippen MR) is 83.6 cm³/mol. The summed E-state index contributed by atoms with van der Waals surface area (Å²) in [7, 11) is 0. The molecule has 3 N–H and O–H groups in total. The van der Waals surface area contributed by atoms with Crippen molar-refractivity contribution < 1.29 is 0 Å². The molecule has 1 unspecified atom stereocenters. The standard InChI is InChI=1S/C17H22N2/c1-13(15-6-4-3-5-7-15)10-11-19-17-9-8-16(18)12-14(17)2/h3-9,12-13,19H,10-11,18H2,1-2H3. The first-order valence-corrected chi connectivity index (χ1v) is 6.82. The number of hydrogen-bond acceptors (Lipinski definition) is 2. The maximum atomic E-state index is 5.75. The second kappa shape index (κ2) is 6.28. The van der Waals surface area contributed by atoms with E-state index in [0.29, 0.717) is 5.92 Å². The summed E-state index contributed by atoms with van der Waals surface area (Å²) in [6.45, 7) is 5.33. The minimum absolute atomic E-state index is 0.572. The van der Waals surface area contributed by atoms with E-state index < -0.39 is 0 Å². The number of rotatable bonds is 5. The quantitative estimate of drug-likeness (QED) is 0.785. The Labute approximate surface area is 115 Å². The van der Waals surface area contributed by atoms with Crippen LogP contribution in [0.25, 0.3) is 0 Å². The Morgan fingerprint density at radius 3 is 2.53 bits per heavy atom. The number of aryl methyl sites for hydroxylation is 1. The summed E-state index contributed by atoms with van der Waals surface area (Å²) in [6.07, 6.45) is 1.12. The molecule has 100 valence electrons. The Kier molecular flexibility index (Phi) is 4.45. The van der Waals surface area contributed by atoms with Gasteiger partial charge in [0.1, 0.15) is 0 Å². The average molecular weight is 254 g/mol. The van der Waals surface area contributed by atoms with Crippen LogP contribution in [0.3, 0.4) is 0 Å². The van der Waals surface area contributed by atoms with Crippen molar-refractivity contribution >= 4 is 11.4 Å². The van der Waals surface area contributed by atoms with Crippen molar-refractivity contribution in [2.24, 2.45) is 0 Å². The summed E-state index contributed by atoms with van der Waals surface area (Å²) in [6, 6.07) is 16.6. The molecule has 2 aromatic rings. The monoisotopic (exact) mass is 254 g/mol. The van der Waals surface area contributed by atoms with Gasteiger partial charge in [0.15, 0.2) is 0 Å². The van der Waals surface area contributed by atoms with Crippen LogP contribution in [0.5, 0.6) is 0 Å². The molecule has 0 radical (unpaired) electrons. The highest BCUT2D eigenvalue weighted by molar-refractivity contribution is 5.57. The van der Waals surface area contributed by atoms with Crippen molar-refractivity contribution in [3.63, 3.8) is 0 Å². The number of benzene rings is 2. The number of nitrogens with one attached hydrogen (secondary N) is 1. The molecule has 0 aliphatic rings. The lowest BCUT2D eigenvalue weighted by Gasteiger charge is -2.14. The molecule has 0 amide bonds. The second-order valence-corrected chi connectivity index (χ2v) is 5.10. The first-order chi connectivity index (χ1) is 9.16. The maximum Gasteiger partial charge on any atom is 0.0371 e. The molecule has 2 aromatic carbocycles. The van der Waals surface area contributed by atoms with E-state index in [-0.39, 0.29) is 0 Å². The molecule has 2 nitrogen and oxygen atoms in total. The Hall–Kier alpha value is -1.96. The van der Waals surface area contributed by atoms with Gasteiger partial charge in [0, 0.05) is 17.9 Å². The summed E-state index contributed by atoms with van der Waals surface area (Å²) in [5, 5.41) is 3.49. The van der Waals surface area contributed by atoms with Crippen LogP contribution in [0.1, 0.15) is 30.4 Å². The molecular formula is C17H22N2. The van der Waals surface area contributed by atoms with Crippen molar-refractivity contribution in [3.8, 4) is 0 Å². The first-order valence-electron chi connectivity index (χ1n) is 6.82. The highest BCUT2D eigenvalue weighted by Gasteiger charge is 2.05. The van der Waals surface area contributed by atoms with E-state index in [1.165, 1.54) is 16.8 Å². The van der Waals surface area contributed by atoms with Crippen LogP contribution in [-0.2, 0) is 0 Å². The normalized spacial score (nSPS) is 12.1. The smallest absolute Gasteiger partial charge is 0.0371 e. The molecule has 0 aliphatic heterocycles. The zero-order valence-corrected chi connectivity index (χ0v) is 11.7. The third kappa shape index (κ3) is 3.75. The molecule has 0 bridgehead atoms. The molecule has 1 atom stereocenters. The lowest BCUT2D eigenvalue weighted by atomic mass is 9.98. The lowest BCUT2D eigenvalue weighted by molar-refractivity contribution is 0.706. The first kappa shape index (κ1) is 13.5. The van der Waals surface area contributed by atoms with E-state index in [1.54, 1.807) is 0 Å².